The SMILES string of the molecule is CNc1ncccc1C(=O)NCCS(=O)(=O)N(C)C. The number of anilines is 1. The molecule has 0 bridgehead atoms. The van der Waals surface area contributed by atoms with Crippen LogP contribution in [0.25, 0.3) is 0 Å². The predicted molar refractivity (Wildman–Crippen MR) is 73.6 cm³/mol. The first-order chi connectivity index (χ1) is 8.88. The van der Waals surface area contributed by atoms with Crippen molar-refractivity contribution in [3.05, 3.63) is 23.9 Å². The van der Waals surface area contributed by atoms with Crippen molar-refractivity contribution in [2.45, 2.75) is 0 Å². The maximum atomic E-state index is 11.9. The molecule has 0 aliphatic heterocycles. The van der Waals surface area contributed by atoms with E-state index in [4.69, 9.17) is 0 Å². The van der Waals surface area contributed by atoms with Crippen LogP contribution < -0.4 is 10.6 Å². The van der Waals surface area contributed by atoms with Crippen LogP contribution in [0.2, 0.25) is 0 Å². The Morgan fingerprint density at radius 1 is 1.42 bits per heavy atom. The van der Waals surface area contributed by atoms with Crippen LogP contribution in [-0.4, -0.2) is 57.1 Å². The number of carbonyl (C=O) groups excluding carboxylic acids is 1. The lowest BCUT2D eigenvalue weighted by molar-refractivity contribution is 0.0956. The normalized spacial score (nSPS) is 11.4. The summed E-state index contributed by atoms with van der Waals surface area (Å²) in [5, 5.41) is 5.36. The summed E-state index contributed by atoms with van der Waals surface area (Å²) in [4.78, 5) is 15.9. The molecule has 19 heavy (non-hydrogen) atoms. The number of nitrogens with one attached hydrogen (secondary N) is 2. The van der Waals surface area contributed by atoms with Crippen LogP contribution >= 0.6 is 0 Å². The highest BCUT2D eigenvalue weighted by Crippen LogP contribution is 2.09. The molecule has 8 heteroatoms. The third kappa shape index (κ3) is 4.18. The summed E-state index contributed by atoms with van der Waals surface area (Å²) < 4.78 is 24.2. The number of sulfonamides is 1. The first-order valence-electron chi connectivity index (χ1n) is 5.69. The molecular formula is C11H18N4O3S. The van der Waals surface area contributed by atoms with Crippen molar-refractivity contribution < 1.29 is 13.2 Å². The highest BCUT2D eigenvalue weighted by Gasteiger charge is 2.15. The smallest absolute Gasteiger partial charge is 0.255 e. The fourth-order valence-electron chi connectivity index (χ4n) is 1.36. The first kappa shape index (κ1) is 15.4. The summed E-state index contributed by atoms with van der Waals surface area (Å²) in [6.07, 6.45) is 1.57. The van der Waals surface area contributed by atoms with Gasteiger partial charge < -0.3 is 10.6 Å². The molecule has 0 saturated carbocycles. The Balaban J connectivity index is 2.62. The van der Waals surface area contributed by atoms with Gasteiger partial charge in [-0.2, -0.15) is 0 Å². The van der Waals surface area contributed by atoms with Crippen LogP contribution in [0, 0.1) is 0 Å². The minimum absolute atomic E-state index is 0.0530. The minimum atomic E-state index is -3.30. The van der Waals surface area contributed by atoms with Gasteiger partial charge in [0.05, 0.1) is 11.3 Å². The van der Waals surface area contributed by atoms with Gasteiger partial charge in [-0.25, -0.2) is 17.7 Å². The fourth-order valence-corrected chi connectivity index (χ4v) is 2.08. The molecule has 0 spiro atoms. The van der Waals surface area contributed by atoms with E-state index < -0.39 is 10.0 Å². The third-order valence-electron chi connectivity index (χ3n) is 2.49. The number of rotatable bonds is 6. The quantitative estimate of drug-likeness (QED) is 0.752. The lowest BCUT2D eigenvalue weighted by atomic mass is 10.2. The van der Waals surface area contributed by atoms with E-state index in [2.05, 4.69) is 15.6 Å². The molecule has 106 valence electrons. The lowest BCUT2D eigenvalue weighted by Crippen LogP contribution is -2.34. The molecule has 0 radical (unpaired) electrons. The molecule has 0 aliphatic rings. The van der Waals surface area contributed by atoms with Crippen molar-refractivity contribution >= 4 is 21.7 Å². The van der Waals surface area contributed by atoms with Crippen molar-refractivity contribution in [2.75, 3.05) is 38.8 Å². The molecule has 1 rings (SSSR count). The molecule has 2 N–H and O–H groups in total. The van der Waals surface area contributed by atoms with Crippen LogP contribution in [-0.2, 0) is 10.0 Å². The number of amides is 1. The number of pyridine rings is 1. The van der Waals surface area contributed by atoms with Crippen LogP contribution in [0.4, 0.5) is 5.82 Å². The standard InChI is InChI=1S/C11H18N4O3S/c1-12-10-9(5-4-6-13-10)11(16)14-7-8-19(17,18)15(2)3/h4-6H,7-8H2,1-3H3,(H,12,13)(H,14,16). The van der Waals surface area contributed by atoms with Gasteiger partial charge in [-0.1, -0.05) is 0 Å². The Bertz CT molecular complexity index is 543. The lowest BCUT2D eigenvalue weighted by Gasteiger charge is -2.12. The molecule has 1 aromatic rings. The molecule has 1 amide bonds. The van der Waals surface area contributed by atoms with Gasteiger partial charge in [0, 0.05) is 33.9 Å². The maximum absolute atomic E-state index is 11.9. The van der Waals surface area contributed by atoms with Gasteiger partial charge in [0.2, 0.25) is 10.0 Å². The van der Waals surface area contributed by atoms with E-state index in [-0.39, 0.29) is 18.2 Å². The highest BCUT2D eigenvalue weighted by atomic mass is 32.2. The molecule has 0 unspecified atom stereocenters. The fraction of sp³-hybridized carbons (Fsp3) is 0.455. The van der Waals surface area contributed by atoms with Gasteiger partial charge in [0.25, 0.3) is 5.91 Å². The van der Waals surface area contributed by atoms with Gasteiger partial charge >= 0.3 is 0 Å². The number of aromatic nitrogens is 1. The van der Waals surface area contributed by atoms with E-state index in [1.54, 1.807) is 25.4 Å². The number of hydrogen-bond acceptors (Lipinski definition) is 5. The van der Waals surface area contributed by atoms with Crippen molar-refractivity contribution in [2.24, 2.45) is 0 Å². The molecule has 7 nitrogen and oxygen atoms in total. The van der Waals surface area contributed by atoms with Crippen molar-refractivity contribution in [1.29, 1.82) is 0 Å². The van der Waals surface area contributed by atoms with E-state index in [0.717, 1.165) is 4.31 Å². The van der Waals surface area contributed by atoms with Gasteiger partial charge in [0.1, 0.15) is 5.82 Å². The molecule has 0 atom stereocenters. The van der Waals surface area contributed by atoms with Gasteiger partial charge in [-0.05, 0) is 12.1 Å². The molecule has 1 aromatic heterocycles. The van der Waals surface area contributed by atoms with E-state index in [9.17, 15) is 13.2 Å². The monoisotopic (exact) mass is 286 g/mol. The zero-order valence-electron chi connectivity index (χ0n) is 11.2. The van der Waals surface area contributed by atoms with Crippen LogP contribution in [0.1, 0.15) is 10.4 Å². The largest absolute Gasteiger partial charge is 0.372 e. The molecule has 0 saturated heterocycles. The molecule has 0 aromatic carbocycles. The topological polar surface area (TPSA) is 91.4 Å². The van der Waals surface area contributed by atoms with E-state index >= 15 is 0 Å². The first-order valence-corrected chi connectivity index (χ1v) is 7.30. The zero-order valence-corrected chi connectivity index (χ0v) is 12.0. The van der Waals surface area contributed by atoms with Crippen molar-refractivity contribution in [1.82, 2.24) is 14.6 Å². The van der Waals surface area contributed by atoms with E-state index in [1.807, 2.05) is 0 Å². The molecule has 0 aliphatic carbocycles. The Morgan fingerprint density at radius 3 is 2.68 bits per heavy atom. The average molecular weight is 286 g/mol. The summed E-state index contributed by atoms with van der Waals surface area (Å²) in [6, 6.07) is 3.26. The predicted octanol–water partition coefficient (Wildman–Crippen LogP) is -0.255. The van der Waals surface area contributed by atoms with Gasteiger partial charge in [-0.3, -0.25) is 4.79 Å². The average Bonchev–Trinajstić information content (AvgIpc) is 2.38. The molecular weight excluding hydrogens is 268 g/mol. The van der Waals surface area contributed by atoms with Crippen LogP contribution in [0.3, 0.4) is 0 Å². The summed E-state index contributed by atoms with van der Waals surface area (Å²) >= 11 is 0. The van der Waals surface area contributed by atoms with E-state index in [0.29, 0.717) is 11.4 Å². The molecule has 1 heterocycles. The second-order valence-electron chi connectivity index (χ2n) is 4.00. The Morgan fingerprint density at radius 2 is 2.11 bits per heavy atom. The second-order valence-corrected chi connectivity index (χ2v) is 6.31. The summed E-state index contributed by atoms with van der Waals surface area (Å²) in [7, 11) is 1.27. The second kappa shape index (κ2) is 6.48. The number of hydrogen-bond donors (Lipinski definition) is 2. The maximum Gasteiger partial charge on any atom is 0.255 e. The zero-order chi connectivity index (χ0) is 14.5. The summed E-state index contributed by atoms with van der Waals surface area (Å²) in [5.41, 5.74) is 0.382. The van der Waals surface area contributed by atoms with Crippen molar-refractivity contribution in [3.63, 3.8) is 0 Å². The minimum Gasteiger partial charge on any atom is -0.372 e. The third-order valence-corrected chi connectivity index (χ3v) is 4.32. The number of nitrogens with zero attached hydrogens (tertiary/aromatic N) is 2. The van der Waals surface area contributed by atoms with Crippen LogP contribution in [0.5, 0.6) is 0 Å². The van der Waals surface area contributed by atoms with Crippen molar-refractivity contribution in [3.8, 4) is 0 Å². The van der Waals surface area contributed by atoms with Gasteiger partial charge in [0.15, 0.2) is 0 Å². The van der Waals surface area contributed by atoms with E-state index in [1.165, 1.54) is 14.1 Å². The number of carbonyl (C=O) groups is 1. The highest BCUT2D eigenvalue weighted by molar-refractivity contribution is 7.89. The summed E-state index contributed by atoms with van der Waals surface area (Å²) in [5.74, 6) is -0.0391. The summed E-state index contributed by atoms with van der Waals surface area (Å²) in [6.45, 7) is 0.0530. The van der Waals surface area contributed by atoms with Crippen LogP contribution in [0.15, 0.2) is 18.3 Å². The molecule has 0 fully saturated rings. The van der Waals surface area contributed by atoms with Gasteiger partial charge in [-0.15, -0.1) is 0 Å². The Hall–Kier alpha value is -1.67. The Kier molecular flexibility index (Phi) is 5.25. The Labute approximate surface area is 113 Å².